The Morgan fingerprint density at radius 1 is 1.57 bits per heavy atom. The molecular formula is C10H9ClO3. The highest BCUT2D eigenvalue weighted by Gasteiger charge is 2.27. The van der Waals surface area contributed by atoms with Crippen LogP contribution in [0.5, 0.6) is 11.5 Å². The van der Waals surface area contributed by atoms with E-state index in [1.165, 1.54) is 0 Å². The smallest absolute Gasteiger partial charge is 0.188 e. The second-order valence-electron chi connectivity index (χ2n) is 3.00. The molecule has 0 N–H and O–H groups in total. The van der Waals surface area contributed by atoms with Gasteiger partial charge in [0.15, 0.2) is 5.78 Å². The second-order valence-corrected chi connectivity index (χ2v) is 3.53. The number of halogens is 1. The highest BCUT2D eigenvalue weighted by atomic mass is 35.5. The standard InChI is InChI=1S/C10H9ClO3/c1-13-6-2-3-9-7(4-6)10(12)8(11)5-14-9/h2-4,8H,5H2,1H3. The van der Waals surface area contributed by atoms with Gasteiger partial charge in [-0.15, -0.1) is 11.6 Å². The first-order chi connectivity index (χ1) is 6.72. The quantitative estimate of drug-likeness (QED) is 0.667. The van der Waals surface area contributed by atoms with Crippen LogP contribution < -0.4 is 9.47 Å². The van der Waals surface area contributed by atoms with Gasteiger partial charge in [0.2, 0.25) is 0 Å². The summed E-state index contributed by atoms with van der Waals surface area (Å²) in [6.45, 7) is 0.236. The summed E-state index contributed by atoms with van der Waals surface area (Å²) in [5, 5.41) is -0.588. The van der Waals surface area contributed by atoms with Crippen molar-refractivity contribution in [2.24, 2.45) is 0 Å². The molecule has 2 rings (SSSR count). The number of ether oxygens (including phenoxy) is 2. The molecule has 74 valence electrons. The molecular weight excluding hydrogens is 204 g/mol. The van der Waals surface area contributed by atoms with Crippen LogP contribution >= 0.6 is 11.6 Å². The van der Waals surface area contributed by atoms with Gasteiger partial charge >= 0.3 is 0 Å². The lowest BCUT2D eigenvalue weighted by atomic mass is 10.0. The molecule has 1 heterocycles. The van der Waals surface area contributed by atoms with Crippen molar-refractivity contribution in [2.75, 3.05) is 13.7 Å². The summed E-state index contributed by atoms with van der Waals surface area (Å²) in [4.78, 5) is 11.6. The van der Waals surface area contributed by atoms with Crippen molar-refractivity contribution in [1.82, 2.24) is 0 Å². The van der Waals surface area contributed by atoms with Crippen molar-refractivity contribution < 1.29 is 14.3 Å². The topological polar surface area (TPSA) is 35.5 Å². The molecule has 3 nitrogen and oxygen atoms in total. The predicted octanol–water partition coefficient (Wildman–Crippen LogP) is 1.88. The van der Waals surface area contributed by atoms with E-state index in [1.807, 2.05) is 0 Å². The molecule has 0 aliphatic carbocycles. The van der Waals surface area contributed by atoms with Crippen LogP contribution in [0, 0.1) is 0 Å². The normalized spacial score (nSPS) is 19.9. The fourth-order valence-corrected chi connectivity index (χ4v) is 1.54. The van der Waals surface area contributed by atoms with Crippen LogP contribution in [-0.2, 0) is 0 Å². The van der Waals surface area contributed by atoms with Gasteiger partial charge in [-0.3, -0.25) is 4.79 Å². The minimum atomic E-state index is -0.588. The number of benzene rings is 1. The molecule has 0 amide bonds. The third-order valence-electron chi connectivity index (χ3n) is 2.12. The first kappa shape index (κ1) is 9.34. The van der Waals surface area contributed by atoms with Crippen LogP contribution in [-0.4, -0.2) is 24.9 Å². The van der Waals surface area contributed by atoms with E-state index in [4.69, 9.17) is 21.1 Å². The molecule has 0 bridgehead atoms. The minimum absolute atomic E-state index is 0.105. The van der Waals surface area contributed by atoms with Gasteiger partial charge in [0.25, 0.3) is 0 Å². The van der Waals surface area contributed by atoms with E-state index in [2.05, 4.69) is 0 Å². The Kier molecular flexibility index (Phi) is 2.33. The molecule has 1 aromatic rings. The number of Topliss-reactive ketones (excluding diaryl/α,β-unsaturated/α-hetero) is 1. The van der Waals surface area contributed by atoms with Crippen molar-refractivity contribution in [3.05, 3.63) is 23.8 Å². The molecule has 1 unspecified atom stereocenters. The molecule has 4 heteroatoms. The van der Waals surface area contributed by atoms with Crippen LogP contribution in [0.1, 0.15) is 10.4 Å². The van der Waals surface area contributed by atoms with Crippen LogP contribution in [0.4, 0.5) is 0 Å². The number of alkyl halides is 1. The van der Waals surface area contributed by atoms with E-state index < -0.39 is 5.38 Å². The second kappa shape index (κ2) is 3.50. The Bertz CT molecular complexity index is 376. The average Bonchev–Trinajstić information content (AvgIpc) is 2.23. The maximum Gasteiger partial charge on any atom is 0.188 e. The molecule has 0 saturated carbocycles. The van der Waals surface area contributed by atoms with Crippen molar-refractivity contribution in [3.8, 4) is 11.5 Å². The molecule has 14 heavy (non-hydrogen) atoms. The van der Waals surface area contributed by atoms with Gasteiger partial charge in [-0.05, 0) is 18.2 Å². The van der Waals surface area contributed by atoms with Gasteiger partial charge in [-0.2, -0.15) is 0 Å². The van der Waals surface area contributed by atoms with Gasteiger partial charge in [0.1, 0.15) is 23.5 Å². The van der Waals surface area contributed by atoms with E-state index >= 15 is 0 Å². The third-order valence-corrected chi connectivity index (χ3v) is 2.45. The predicted molar refractivity (Wildman–Crippen MR) is 52.5 cm³/mol. The lowest BCUT2D eigenvalue weighted by molar-refractivity contribution is 0.0939. The van der Waals surface area contributed by atoms with Crippen molar-refractivity contribution in [3.63, 3.8) is 0 Å². The number of carbonyl (C=O) groups is 1. The van der Waals surface area contributed by atoms with Crippen molar-refractivity contribution in [1.29, 1.82) is 0 Å². The summed E-state index contributed by atoms with van der Waals surface area (Å²) in [6.07, 6.45) is 0. The Morgan fingerprint density at radius 2 is 2.36 bits per heavy atom. The van der Waals surface area contributed by atoms with E-state index in [9.17, 15) is 4.79 Å². The van der Waals surface area contributed by atoms with Crippen molar-refractivity contribution >= 4 is 17.4 Å². The summed E-state index contributed by atoms with van der Waals surface area (Å²) in [6, 6.07) is 5.11. The van der Waals surface area contributed by atoms with Gasteiger partial charge in [-0.25, -0.2) is 0 Å². The Morgan fingerprint density at radius 3 is 3.07 bits per heavy atom. The zero-order chi connectivity index (χ0) is 10.1. The lowest BCUT2D eigenvalue weighted by Crippen LogP contribution is -2.28. The molecule has 0 aromatic heterocycles. The van der Waals surface area contributed by atoms with Crippen LogP contribution in [0.25, 0.3) is 0 Å². The van der Waals surface area contributed by atoms with E-state index in [1.54, 1.807) is 25.3 Å². The molecule has 1 aromatic carbocycles. The summed E-state index contributed by atoms with van der Waals surface area (Å²) >= 11 is 5.78. The molecule has 1 atom stereocenters. The van der Waals surface area contributed by atoms with Crippen molar-refractivity contribution in [2.45, 2.75) is 5.38 Å². The number of ketones is 1. The van der Waals surface area contributed by atoms with E-state index in [0.29, 0.717) is 17.1 Å². The summed E-state index contributed by atoms with van der Waals surface area (Å²) in [5.41, 5.74) is 0.496. The van der Waals surface area contributed by atoms with Crippen LogP contribution in [0.2, 0.25) is 0 Å². The maximum atomic E-state index is 11.6. The highest BCUT2D eigenvalue weighted by Crippen LogP contribution is 2.29. The summed E-state index contributed by atoms with van der Waals surface area (Å²) in [7, 11) is 1.55. The number of hydrogen-bond donors (Lipinski definition) is 0. The fraction of sp³-hybridized carbons (Fsp3) is 0.300. The summed E-state index contributed by atoms with van der Waals surface area (Å²) < 4.78 is 10.3. The number of hydrogen-bond acceptors (Lipinski definition) is 3. The van der Waals surface area contributed by atoms with Gasteiger partial charge < -0.3 is 9.47 Å². The number of fused-ring (bicyclic) bond motifs is 1. The van der Waals surface area contributed by atoms with Gasteiger partial charge in [0.05, 0.1) is 12.7 Å². The van der Waals surface area contributed by atoms with Crippen LogP contribution in [0.15, 0.2) is 18.2 Å². The Balaban J connectivity index is 2.46. The number of methoxy groups -OCH3 is 1. The summed E-state index contributed by atoms with van der Waals surface area (Å²) in [5.74, 6) is 1.10. The maximum absolute atomic E-state index is 11.6. The van der Waals surface area contributed by atoms with Gasteiger partial charge in [0, 0.05) is 0 Å². The molecule has 0 fully saturated rings. The highest BCUT2D eigenvalue weighted by molar-refractivity contribution is 6.34. The zero-order valence-electron chi connectivity index (χ0n) is 7.62. The fourth-order valence-electron chi connectivity index (χ4n) is 1.36. The molecule has 0 radical (unpaired) electrons. The SMILES string of the molecule is COc1ccc2c(c1)C(=O)C(Cl)CO2. The number of rotatable bonds is 1. The lowest BCUT2D eigenvalue weighted by Gasteiger charge is -2.20. The first-order valence-electron chi connectivity index (χ1n) is 4.21. The van der Waals surface area contributed by atoms with E-state index in [-0.39, 0.29) is 12.4 Å². The zero-order valence-corrected chi connectivity index (χ0v) is 8.38. The molecule has 0 saturated heterocycles. The number of carbonyl (C=O) groups excluding carboxylic acids is 1. The molecule has 1 aliphatic heterocycles. The Hall–Kier alpha value is -1.22. The third kappa shape index (κ3) is 1.44. The van der Waals surface area contributed by atoms with Crippen LogP contribution in [0.3, 0.4) is 0 Å². The minimum Gasteiger partial charge on any atom is -0.497 e. The van der Waals surface area contributed by atoms with E-state index in [0.717, 1.165) is 0 Å². The average molecular weight is 213 g/mol. The monoisotopic (exact) mass is 212 g/mol. The Labute approximate surface area is 86.6 Å². The van der Waals surface area contributed by atoms with Gasteiger partial charge in [-0.1, -0.05) is 0 Å². The molecule has 0 spiro atoms. The first-order valence-corrected chi connectivity index (χ1v) is 4.65. The largest absolute Gasteiger partial charge is 0.497 e. The molecule has 1 aliphatic rings.